The van der Waals surface area contributed by atoms with Gasteiger partial charge < -0.3 is 0 Å². The summed E-state index contributed by atoms with van der Waals surface area (Å²) in [7, 11) is 0. The quantitative estimate of drug-likeness (QED) is 0.358. The van der Waals surface area contributed by atoms with Gasteiger partial charge in [0.2, 0.25) is 0 Å². The van der Waals surface area contributed by atoms with Gasteiger partial charge in [-0.25, -0.2) is 5.43 Å². The molecule has 0 bridgehead atoms. The fourth-order valence-electron chi connectivity index (χ4n) is 0.660. The second-order valence-corrected chi connectivity index (χ2v) is 1.93. The summed E-state index contributed by atoms with van der Waals surface area (Å²) in [6, 6.07) is 3.10. The number of nitriles is 1. The summed E-state index contributed by atoms with van der Waals surface area (Å²) in [5, 5.41) is 8.07. The van der Waals surface area contributed by atoms with E-state index in [2.05, 4.69) is 10.4 Å². The lowest BCUT2D eigenvalue weighted by molar-refractivity contribution is 0.0942. The number of hydrazine groups is 1. The molecule has 1 aromatic heterocycles. The predicted molar refractivity (Wildman–Crippen MR) is 40.5 cm³/mol. The van der Waals surface area contributed by atoms with Crippen molar-refractivity contribution in [3.05, 3.63) is 30.1 Å². The van der Waals surface area contributed by atoms with Gasteiger partial charge >= 0.3 is 0 Å². The van der Waals surface area contributed by atoms with Gasteiger partial charge in [-0.15, -0.1) is 0 Å². The molecular formula is C7H6N4O. The fraction of sp³-hybridized carbons (Fsp3) is 0. The first-order valence-corrected chi connectivity index (χ1v) is 3.19. The largest absolute Gasteiger partial charge is 0.270 e. The smallest absolute Gasteiger partial charge is 0.267 e. The van der Waals surface area contributed by atoms with Crippen LogP contribution in [-0.2, 0) is 0 Å². The van der Waals surface area contributed by atoms with E-state index >= 15 is 0 Å². The first-order valence-electron chi connectivity index (χ1n) is 3.19. The molecule has 0 saturated carbocycles. The second-order valence-electron chi connectivity index (χ2n) is 1.93. The molecule has 0 aromatic carbocycles. The highest BCUT2D eigenvalue weighted by Crippen LogP contribution is 1.93. The third-order valence-corrected chi connectivity index (χ3v) is 1.17. The molecule has 1 amide bonds. The van der Waals surface area contributed by atoms with Crippen LogP contribution in [-0.4, -0.2) is 10.9 Å². The molecular weight excluding hydrogens is 156 g/mol. The molecule has 2 N–H and O–H groups in total. The molecule has 1 aromatic rings. The average Bonchev–Trinajstić information content (AvgIpc) is 2.15. The number of pyridine rings is 1. The number of hydrogen-bond donors (Lipinski definition) is 2. The van der Waals surface area contributed by atoms with Crippen LogP contribution in [0.4, 0.5) is 0 Å². The molecule has 0 aliphatic rings. The summed E-state index contributed by atoms with van der Waals surface area (Å²) in [5.41, 5.74) is 4.65. The maximum absolute atomic E-state index is 11.1. The third-order valence-electron chi connectivity index (χ3n) is 1.17. The summed E-state index contributed by atoms with van der Waals surface area (Å²) in [4.78, 5) is 14.8. The Hall–Kier alpha value is -2.09. The van der Waals surface area contributed by atoms with E-state index in [1.165, 1.54) is 12.4 Å². The molecule has 0 aliphatic heterocycles. The van der Waals surface area contributed by atoms with Crippen LogP contribution in [0.5, 0.6) is 0 Å². The summed E-state index contributed by atoms with van der Waals surface area (Å²) in [6.07, 6.45) is 4.57. The summed E-state index contributed by atoms with van der Waals surface area (Å²) in [6.45, 7) is 0. The van der Waals surface area contributed by atoms with Crippen LogP contribution in [0.25, 0.3) is 0 Å². The van der Waals surface area contributed by atoms with Gasteiger partial charge in [0.15, 0.2) is 6.19 Å². The Labute approximate surface area is 69.0 Å². The minimum atomic E-state index is -0.362. The van der Waals surface area contributed by atoms with Gasteiger partial charge in [0.1, 0.15) is 0 Å². The summed E-state index contributed by atoms with van der Waals surface area (Å²) >= 11 is 0. The number of aromatic nitrogens is 1. The average molecular weight is 162 g/mol. The number of hydrogen-bond acceptors (Lipinski definition) is 4. The normalized spacial score (nSPS) is 8.25. The van der Waals surface area contributed by atoms with E-state index in [1.807, 2.05) is 5.43 Å². The van der Waals surface area contributed by atoms with Crippen molar-refractivity contribution in [3.8, 4) is 6.19 Å². The molecule has 1 rings (SSSR count). The van der Waals surface area contributed by atoms with Crippen LogP contribution in [0.3, 0.4) is 0 Å². The molecule has 0 unspecified atom stereocenters. The third kappa shape index (κ3) is 1.95. The van der Waals surface area contributed by atoms with Crippen LogP contribution < -0.4 is 10.9 Å². The van der Waals surface area contributed by atoms with Crippen molar-refractivity contribution in [2.75, 3.05) is 0 Å². The topological polar surface area (TPSA) is 77.8 Å². The van der Waals surface area contributed by atoms with Gasteiger partial charge in [0.25, 0.3) is 5.91 Å². The van der Waals surface area contributed by atoms with Gasteiger partial charge in [0.05, 0.1) is 0 Å². The highest BCUT2D eigenvalue weighted by atomic mass is 16.2. The number of rotatable bonds is 2. The van der Waals surface area contributed by atoms with E-state index in [1.54, 1.807) is 18.3 Å². The van der Waals surface area contributed by atoms with Crippen molar-refractivity contribution in [1.82, 2.24) is 15.8 Å². The molecule has 0 radical (unpaired) electrons. The Morgan fingerprint density at radius 2 is 2.17 bits per heavy atom. The first-order chi connectivity index (χ1) is 5.84. The maximum Gasteiger partial charge on any atom is 0.270 e. The molecule has 5 heteroatoms. The highest BCUT2D eigenvalue weighted by molar-refractivity contribution is 5.93. The SMILES string of the molecule is N#CNNC(=O)c1ccncc1. The lowest BCUT2D eigenvalue weighted by atomic mass is 10.3. The van der Waals surface area contributed by atoms with Crippen LogP contribution in [0.1, 0.15) is 10.4 Å². The van der Waals surface area contributed by atoms with Crippen LogP contribution in [0.15, 0.2) is 24.5 Å². The van der Waals surface area contributed by atoms with Crippen LogP contribution in [0, 0.1) is 11.5 Å². The molecule has 5 nitrogen and oxygen atoms in total. The van der Waals surface area contributed by atoms with Gasteiger partial charge in [-0.1, -0.05) is 0 Å². The minimum absolute atomic E-state index is 0.362. The van der Waals surface area contributed by atoms with Crippen molar-refractivity contribution < 1.29 is 4.79 Å². The molecule has 12 heavy (non-hydrogen) atoms. The Bertz CT molecular complexity index is 303. The summed E-state index contributed by atoms with van der Waals surface area (Å²) in [5.74, 6) is -0.362. The number of carbonyl (C=O) groups excluding carboxylic acids is 1. The van der Waals surface area contributed by atoms with E-state index in [9.17, 15) is 4.79 Å². The van der Waals surface area contributed by atoms with E-state index in [-0.39, 0.29) is 5.91 Å². The molecule has 0 fully saturated rings. The Morgan fingerprint density at radius 3 is 2.75 bits per heavy atom. The van der Waals surface area contributed by atoms with E-state index in [0.29, 0.717) is 5.56 Å². The highest BCUT2D eigenvalue weighted by Gasteiger charge is 2.01. The number of nitrogens with zero attached hydrogens (tertiary/aromatic N) is 2. The molecule has 0 saturated heterocycles. The van der Waals surface area contributed by atoms with Crippen molar-refractivity contribution in [2.45, 2.75) is 0 Å². The van der Waals surface area contributed by atoms with Gasteiger partial charge in [-0.05, 0) is 12.1 Å². The molecule has 0 spiro atoms. The number of amides is 1. The first kappa shape index (κ1) is 8.01. The maximum atomic E-state index is 11.1. The van der Waals surface area contributed by atoms with Crippen LogP contribution >= 0.6 is 0 Å². The molecule has 0 aliphatic carbocycles. The fourth-order valence-corrected chi connectivity index (χ4v) is 0.660. The molecule has 0 atom stereocenters. The number of carbonyl (C=O) groups is 1. The lowest BCUT2D eigenvalue weighted by Crippen LogP contribution is -2.33. The van der Waals surface area contributed by atoms with Crippen molar-refractivity contribution >= 4 is 5.91 Å². The van der Waals surface area contributed by atoms with Crippen molar-refractivity contribution in [1.29, 1.82) is 5.26 Å². The standard InChI is InChI=1S/C7H6N4O/c8-5-10-11-7(12)6-1-3-9-4-2-6/h1-4,10H,(H,11,12). The molecule has 1 heterocycles. The monoisotopic (exact) mass is 162 g/mol. The Morgan fingerprint density at radius 1 is 1.50 bits per heavy atom. The second kappa shape index (κ2) is 3.93. The van der Waals surface area contributed by atoms with Gasteiger partial charge in [-0.2, -0.15) is 5.26 Å². The predicted octanol–water partition coefficient (Wildman–Crippen LogP) is -0.203. The van der Waals surface area contributed by atoms with Crippen molar-refractivity contribution in [3.63, 3.8) is 0 Å². The summed E-state index contributed by atoms with van der Waals surface area (Å²) < 4.78 is 0. The van der Waals surface area contributed by atoms with Crippen molar-refractivity contribution in [2.24, 2.45) is 0 Å². The van der Waals surface area contributed by atoms with E-state index in [4.69, 9.17) is 5.26 Å². The molecule has 60 valence electrons. The van der Waals surface area contributed by atoms with Crippen LogP contribution in [0.2, 0.25) is 0 Å². The zero-order valence-electron chi connectivity index (χ0n) is 6.11. The minimum Gasteiger partial charge on any atom is -0.267 e. The number of nitrogens with one attached hydrogen (secondary N) is 2. The van der Waals surface area contributed by atoms with Gasteiger partial charge in [-0.3, -0.25) is 15.2 Å². The Balaban J connectivity index is 2.61. The zero-order valence-corrected chi connectivity index (χ0v) is 6.11. The zero-order chi connectivity index (χ0) is 8.81. The van der Waals surface area contributed by atoms with E-state index < -0.39 is 0 Å². The lowest BCUT2D eigenvalue weighted by Gasteiger charge is -1.99. The van der Waals surface area contributed by atoms with Gasteiger partial charge in [0, 0.05) is 18.0 Å². The van der Waals surface area contributed by atoms with E-state index in [0.717, 1.165) is 0 Å². The Kier molecular flexibility index (Phi) is 2.62.